The molecule has 1 aliphatic rings. The maximum absolute atomic E-state index is 12.7. The van der Waals surface area contributed by atoms with Crippen LogP contribution in [-0.2, 0) is 16.0 Å². The van der Waals surface area contributed by atoms with Gasteiger partial charge in [-0.2, -0.15) is 0 Å². The van der Waals surface area contributed by atoms with Crippen LogP contribution in [0.25, 0.3) is 0 Å². The number of fused-ring (bicyclic) bond motifs is 1. The predicted molar refractivity (Wildman–Crippen MR) is 113 cm³/mol. The van der Waals surface area contributed by atoms with Gasteiger partial charge in [0.1, 0.15) is 6.10 Å². The smallest absolute Gasteiger partial charge is 0.339 e. The molecule has 0 saturated carbocycles. The summed E-state index contributed by atoms with van der Waals surface area (Å²) in [6.45, 7) is 1.43. The second kappa shape index (κ2) is 8.21. The Balaban J connectivity index is 1.51. The zero-order valence-corrected chi connectivity index (χ0v) is 16.3. The Bertz CT molecular complexity index is 1110. The quantitative estimate of drug-likeness (QED) is 0.638. The van der Waals surface area contributed by atoms with E-state index >= 15 is 0 Å². The number of amides is 2. The molecule has 1 atom stereocenters. The van der Waals surface area contributed by atoms with Gasteiger partial charge in [0, 0.05) is 30.3 Å². The second-order valence-electron chi connectivity index (χ2n) is 7.09. The van der Waals surface area contributed by atoms with E-state index in [9.17, 15) is 14.4 Å². The fraction of sp³-hybridized carbons (Fsp3) is 0.125. The molecule has 150 valence electrons. The number of benzene rings is 3. The molecular formula is C24H20N2O4. The lowest BCUT2D eigenvalue weighted by molar-refractivity contribution is -0.114. The monoisotopic (exact) mass is 400 g/mol. The van der Waals surface area contributed by atoms with Gasteiger partial charge in [0.2, 0.25) is 5.91 Å². The van der Waals surface area contributed by atoms with Gasteiger partial charge in [0.15, 0.2) is 0 Å². The SMILES string of the molecule is CC(=O)Nc1ccc(NC(=O)c2ccc3c(c2)CC(c2ccccc2)OC3=O)cc1. The number of cyclic esters (lactones) is 1. The number of anilines is 2. The highest BCUT2D eigenvalue weighted by Crippen LogP contribution is 2.31. The molecule has 2 amide bonds. The molecule has 6 nitrogen and oxygen atoms in total. The fourth-order valence-electron chi connectivity index (χ4n) is 3.43. The summed E-state index contributed by atoms with van der Waals surface area (Å²) in [5.74, 6) is -0.820. The Kier molecular flexibility index (Phi) is 5.30. The normalized spacial score (nSPS) is 15.0. The molecule has 0 aliphatic carbocycles. The van der Waals surface area contributed by atoms with Crippen molar-refractivity contribution in [2.75, 3.05) is 10.6 Å². The molecule has 2 N–H and O–H groups in total. The average Bonchev–Trinajstić information content (AvgIpc) is 2.75. The fourth-order valence-corrected chi connectivity index (χ4v) is 3.43. The standard InChI is InChI=1S/C24H20N2O4/c1-15(27)25-19-8-10-20(11-9-19)26-23(28)17-7-12-21-18(13-17)14-22(30-24(21)29)16-5-3-2-4-6-16/h2-13,22H,14H2,1H3,(H,25,27)(H,26,28). The Morgan fingerprint density at radius 2 is 1.57 bits per heavy atom. The molecule has 0 bridgehead atoms. The van der Waals surface area contributed by atoms with Crippen LogP contribution in [0.5, 0.6) is 0 Å². The molecule has 1 aliphatic heterocycles. The minimum atomic E-state index is -0.384. The molecule has 3 aromatic carbocycles. The number of rotatable bonds is 4. The molecule has 4 rings (SSSR count). The lowest BCUT2D eigenvalue weighted by atomic mass is 9.93. The Hall–Kier alpha value is -3.93. The Labute approximate surface area is 173 Å². The number of carbonyl (C=O) groups is 3. The largest absolute Gasteiger partial charge is 0.454 e. The van der Waals surface area contributed by atoms with Crippen molar-refractivity contribution in [2.24, 2.45) is 0 Å². The zero-order valence-electron chi connectivity index (χ0n) is 16.3. The maximum atomic E-state index is 12.7. The van der Waals surface area contributed by atoms with E-state index in [1.54, 1.807) is 42.5 Å². The first-order valence-corrected chi connectivity index (χ1v) is 9.57. The first-order chi connectivity index (χ1) is 14.5. The highest BCUT2D eigenvalue weighted by atomic mass is 16.5. The van der Waals surface area contributed by atoms with Crippen molar-refractivity contribution < 1.29 is 19.1 Å². The van der Waals surface area contributed by atoms with E-state index in [-0.39, 0.29) is 23.9 Å². The van der Waals surface area contributed by atoms with Crippen molar-refractivity contribution in [3.05, 3.63) is 95.1 Å². The molecule has 0 aromatic heterocycles. The number of ether oxygens (including phenoxy) is 1. The zero-order chi connectivity index (χ0) is 21.1. The summed E-state index contributed by atoms with van der Waals surface area (Å²) in [6, 6.07) is 21.4. The van der Waals surface area contributed by atoms with Gasteiger partial charge in [-0.15, -0.1) is 0 Å². The van der Waals surface area contributed by atoms with Crippen molar-refractivity contribution in [2.45, 2.75) is 19.4 Å². The van der Waals surface area contributed by atoms with Gasteiger partial charge in [-0.05, 0) is 53.6 Å². The van der Waals surface area contributed by atoms with Gasteiger partial charge >= 0.3 is 5.97 Å². The molecule has 6 heteroatoms. The summed E-state index contributed by atoms with van der Waals surface area (Å²) in [5, 5.41) is 5.51. The third kappa shape index (κ3) is 4.22. The van der Waals surface area contributed by atoms with E-state index in [1.807, 2.05) is 30.3 Å². The van der Waals surface area contributed by atoms with Crippen molar-refractivity contribution in [3.8, 4) is 0 Å². The minimum absolute atomic E-state index is 0.159. The molecule has 0 radical (unpaired) electrons. The first kappa shape index (κ1) is 19.4. The van der Waals surface area contributed by atoms with Crippen LogP contribution in [0, 0.1) is 0 Å². The summed E-state index contributed by atoms with van der Waals surface area (Å²) < 4.78 is 5.56. The average molecular weight is 400 g/mol. The molecule has 1 heterocycles. The summed E-state index contributed by atoms with van der Waals surface area (Å²) in [5.41, 5.74) is 3.91. The van der Waals surface area contributed by atoms with Crippen LogP contribution < -0.4 is 10.6 Å². The van der Waals surface area contributed by atoms with Crippen LogP contribution in [0.15, 0.2) is 72.8 Å². The van der Waals surface area contributed by atoms with E-state index in [0.29, 0.717) is 28.9 Å². The van der Waals surface area contributed by atoms with Gasteiger partial charge in [0.05, 0.1) is 5.56 Å². The number of esters is 1. The summed E-state index contributed by atoms with van der Waals surface area (Å²) in [6.07, 6.45) is 0.142. The van der Waals surface area contributed by atoms with E-state index in [1.165, 1.54) is 6.92 Å². The van der Waals surface area contributed by atoms with Crippen LogP contribution in [0.1, 0.15) is 44.9 Å². The summed E-state index contributed by atoms with van der Waals surface area (Å²) in [4.78, 5) is 36.2. The lowest BCUT2D eigenvalue weighted by Crippen LogP contribution is -2.23. The molecule has 0 spiro atoms. The minimum Gasteiger partial charge on any atom is -0.454 e. The second-order valence-corrected chi connectivity index (χ2v) is 7.09. The van der Waals surface area contributed by atoms with Crippen LogP contribution in [0.2, 0.25) is 0 Å². The predicted octanol–water partition coefficient (Wildman–Crippen LogP) is 4.35. The molecule has 0 fully saturated rings. The van der Waals surface area contributed by atoms with Gasteiger partial charge in [0.25, 0.3) is 5.91 Å². The van der Waals surface area contributed by atoms with Crippen molar-refractivity contribution in [3.63, 3.8) is 0 Å². The maximum Gasteiger partial charge on any atom is 0.339 e. The summed E-state index contributed by atoms with van der Waals surface area (Å²) >= 11 is 0. The van der Waals surface area contributed by atoms with E-state index in [0.717, 1.165) is 11.1 Å². The topological polar surface area (TPSA) is 84.5 Å². The molecular weight excluding hydrogens is 380 g/mol. The van der Waals surface area contributed by atoms with Crippen molar-refractivity contribution >= 4 is 29.2 Å². The van der Waals surface area contributed by atoms with Crippen LogP contribution in [0.4, 0.5) is 11.4 Å². The number of carbonyl (C=O) groups excluding carboxylic acids is 3. The van der Waals surface area contributed by atoms with Gasteiger partial charge in [-0.25, -0.2) is 4.79 Å². The third-order valence-electron chi connectivity index (χ3n) is 4.88. The van der Waals surface area contributed by atoms with Crippen LogP contribution >= 0.6 is 0 Å². The first-order valence-electron chi connectivity index (χ1n) is 9.57. The van der Waals surface area contributed by atoms with Crippen LogP contribution in [0.3, 0.4) is 0 Å². The number of nitrogens with one attached hydrogen (secondary N) is 2. The van der Waals surface area contributed by atoms with Crippen molar-refractivity contribution in [1.29, 1.82) is 0 Å². The molecule has 0 saturated heterocycles. The number of hydrogen-bond acceptors (Lipinski definition) is 4. The highest BCUT2D eigenvalue weighted by Gasteiger charge is 2.28. The lowest BCUT2D eigenvalue weighted by Gasteiger charge is -2.25. The van der Waals surface area contributed by atoms with Gasteiger partial charge in [-0.3, -0.25) is 9.59 Å². The molecule has 30 heavy (non-hydrogen) atoms. The van der Waals surface area contributed by atoms with E-state index < -0.39 is 0 Å². The Morgan fingerprint density at radius 1 is 0.900 bits per heavy atom. The van der Waals surface area contributed by atoms with E-state index in [4.69, 9.17) is 4.74 Å². The Morgan fingerprint density at radius 3 is 2.23 bits per heavy atom. The molecule has 3 aromatic rings. The third-order valence-corrected chi connectivity index (χ3v) is 4.88. The highest BCUT2D eigenvalue weighted by molar-refractivity contribution is 6.05. The summed E-state index contributed by atoms with van der Waals surface area (Å²) in [7, 11) is 0. The van der Waals surface area contributed by atoms with Crippen LogP contribution in [-0.4, -0.2) is 17.8 Å². The van der Waals surface area contributed by atoms with Crippen molar-refractivity contribution in [1.82, 2.24) is 0 Å². The number of hydrogen-bond donors (Lipinski definition) is 2. The molecule has 1 unspecified atom stereocenters. The van der Waals surface area contributed by atoms with Gasteiger partial charge < -0.3 is 15.4 Å². The van der Waals surface area contributed by atoms with Gasteiger partial charge in [-0.1, -0.05) is 30.3 Å². The van der Waals surface area contributed by atoms with E-state index in [2.05, 4.69) is 10.6 Å².